The van der Waals surface area contributed by atoms with E-state index >= 15 is 0 Å². The van der Waals surface area contributed by atoms with Crippen molar-refractivity contribution >= 4 is 27.4 Å². The summed E-state index contributed by atoms with van der Waals surface area (Å²) in [6, 6.07) is 3.61. The van der Waals surface area contributed by atoms with E-state index in [4.69, 9.17) is 0 Å². The zero-order chi connectivity index (χ0) is 14.3. The van der Waals surface area contributed by atoms with Crippen molar-refractivity contribution in [2.75, 3.05) is 6.54 Å². The summed E-state index contributed by atoms with van der Waals surface area (Å²) >= 11 is 3.34. The summed E-state index contributed by atoms with van der Waals surface area (Å²) in [4.78, 5) is 12.1. The molecule has 2 aromatic rings. The zero-order valence-corrected chi connectivity index (χ0v) is 12.0. The Bertz CT molecular complexity index is 663. The smallest absolute Gasteiger partial charge is 0.255 e. The first-order valence-electron chi connectivity index (χ1n) is 6.23. The third-order valence-corrected chi connectivity index (χ3v) is 3.95. The summed E-state index contributed by atoms with van der Waals surface area (Å²) in [5, 5.41) is 6.78. The van der Waals surface area contributed by atoms with E-state index in [2.05, 4.69) is 26.3 Å². The maximum Gasteiger partial charge on any atom is 0.255 e. The molecule has 106 valence electrons. The van der Waals surface area contributed by atoms with Gasteiger partial charge in [0.05, 0.1) is 17.3 Å². The number of aromatic nitrogens is 2. The van der Waals surface area contributed by atoms with Gasteiger partial charge in [-0.3, -0.25) is 4.79 Å². The van der Waals surface area contributed by atoms with Gasteiger partial charge < -0.3 is 5.32 Å². The standard InChI is InChI=1S/C13H12BrF2N3O/c14-9-1-2-19-11(3-9)10(7-18-19)12(20)17-6-8-4-13(15,16)5-8/h1-3,7-8H,4-6H2,(H,17,20). The minimum absolute atomic E-state index is 0.137. The molecule has 0 aromatic carbocycles. The van der Waals surface area contributed by atoms with Gasteiger partial charge in [-0.15, -0.1) is 0 Å². The summed E-state index contributed by atoms with van der Waals surface area (Å²) in [6.45, 7) is 0.278. The molecule has 4 nitrogen and oxygen atoms in total. The molecule has 0 saturated heterocycles. The van der Waals surface area contributed by atoms with Crippen LogP contribution < -0.4 is 5.32 Å². The predicted octanol–water partition coefficient (Wildman–Crippen LogP) is 2.87. The van der Waals surface area contributed by atoms with Crippen LogP contribution in [0.2, 0.25) is 0 Å². The molecule has 0 unspecified atom stereocenters. The lowest BCUT2D eigenvalue weighted by atomic mass is 9.81. The summed E-state index contributed by atoms with van der Waals surface area (Å²) in [5.41, 5.74) is 1.12. The Morgan fingerprint density at radius 1 is 1.55 bits per heavy atom. The Balaban J connectivity index is 1.68. The van der Waals surface area contributed by atoms with Crippen LogP contribution in [0, 0.1) is 5.92 Å². The Morgan fingerprint density at radius 3 is 3.00 bits per heavy atom. The molecule has 0 atom stereocenters. The number of rotatable bonds is 3. The van der Waals surface area contributed by atoms with Crippen molar-refractivity contribution in [1.29, 1.82) is 0 Å². The van der Waals surface area contributed by atoms with Crippen molar-refractivity contribution in [3.8, 4) is 0 Å². The van der Waals surface area contributed by atoms with Gasteiger partial charge in [-0.1, -0.05) is 15.9 Å². The molecule has 0 spiro atoms. The molecule has 2 heterocycles. The molecular formula is C13H12BrF2N3O. The van der Waals surface area contributed by atoms with Crippen molar-refractivity contribution in [2.24, 2.45) is 5.92 Å². The van der Waals surface area contributed by atoms with Gasteiger partial charge in [0.25, 0.3) is 5.91 Å². The summed E-state index contributed by atoms with van der Waals surface area (Å²) < 4.78 is 27.9. The number of nitrogens with zero attached hydrogens (tertiary/aromatic N) is 2. The van der Waals surface area contributed by atoms with E-state index in [-0.39, 0.29) is 31.2 Å². The van der Waals surface area contributed by atoms with Gasteiger partial charge in [-0.2, -0.15) is 5.10 Å². The van der Waals surface area contributed by atoms with E-state index in [0.717, 1.165) is 4.47 Å². The molecule has 1 aliphatic carbocycles. The SMILES string of the molecule is O=C(NCC1CC(F)(F)C1)c1cnn2ccc(Br)cc12. The fourth-order valence-electron chi connectivity index (χ4n) is 2.39. The topological polar surface area (TPSA) is 46.4 Å². The number of hydrogen-bond acceptors (Lipinski definition) is 2. The second-order valence-electron chi connectivity index (χ2n) is 5.07. The van der Waals surface area contributed by atoms with E-state index in [1.807, 2.05) is 6.07 Å². The maximum absolute atomic E-state index is 12.7. The number of amides is 1. The van der Waals surface area contributed by atoms with Gasteiger partial charge in [0.15, 0.2) is 0 Å². The van der Waals surface area contributed by atoms with Crippen LogP contribution >= 0.6 is 15.9 Å². The van der Waals surface area contributed by atoms with E-state index in [0.29, 0.717) is 11.1 Å². The van der Waals surface area contributed by atoms with Gasteiger partial charge in [0.2, 0.25) is 5.92 Å². The normalized spacial score (nSPS) is 17.9. The number of hydrogen-bond donors (Lipinski definition) is 1. The number of pyridine rings is 1. The molecule has 7 heteroatoms. The van der Waals surface area contributed by atoms with Crippen molar-refractivity contribution in [3.63, 3.8) is 0 Å². The van der Waals surface area contributed by atoms with Crippen LogP contribution in [0.25, 0.3) is 5.52 Å². The van der Waals surface area contributed by atoms with Crippen LogP contribution in [0.4, 0.5) is 8.78 Å². The first kappa shape index (κ1) is 13.5. The monoisotopic (exact) mass is 343 g/mol. The van der Waals surface area contributed by atoms with E-state index in [1.54, 1.807) is 16.8 Å². The summed E-state index contributed by atoms with van der Waals surface area (Å²) in [6.07, 6.45) is 2.93. The van der Waals surface area contributed by atoms with Gasteiger partial charge in [-0.05, 0) is 18.1 Å². The highest BCUT2D eigenvalue weighted by atomic mass is 79.9. The predicted molar refractivity (Wildman–Crippen MR) is 72.9 cm³/mol. The van der Waals surface area contributed by atoms with Gasteiger partial charge in [0, 0.05) is 30.1 Å². The Kier molecular flexibility index (Phi) is 3.24. The lowest BCUT2D eigenvalue weighted by Crippen LogP contribution is -2.42. The number of halogens is 3. The van der Waals surface area contributed by atoms with Crippen LogP contribution in [-0.4, -0.2) is 28.0 Å². The van der Waals surface area contributed by atoms with Crippen molar-refractivity contribution < 1.29 is 13.6 Å². The Hall–Kier alpha value is -1.50. The minimum Gasteiger partial charge on any atom is -0.352 e. The van der Waals surface area contributed by atoms with Crippen LogP contribution in [-0.2, 0) is 0 Å². The fraction of sp³-hybridized carbons (Fsp3) is 0.385. The number of alkyl halides is 2. The average molecular weight is 344 g/mol. The third kappa shape index (κ3) is 2.54. The molecule has 1 saturated carbocycles. The van der Waals surface area contributed by atoms with Crippen molar-refractivity contribution in [2.45, 2.75) is 18.8 Å². The molecule has 3 rings (SSSR count). The van der Waals surface area contributed by atoms with E-state index in [9.17, 15) is 13.6 Å². The molecular weight excluding hydrogens is 332 g/mol. The molecule has 1 amide bonds. The van der Waals surface area contributed by atoms with Gasteiger partial charge in [-0.25, -0.2) is 13.3 Å². The number of fused-ring (bicyclic) bond motifs is 1. The largest absolute Gasteiger partial charge is 0.352 e. The second-order valence-corrected chi connectivity index (χ2v) is 5.99. The van der Waals surface area contributed by atoms with Crippen LogP contribution in [0.15, 0.2) is 29.0 Å². The van der Waals surface area contributed by atoms with Crippen LogP contribution in [0.1, 0.15) is 23.2 Å². The van der Waals surface area contributed by atoms with Gasteiger partial charge in [0.1, 0.15) is 0 Å². The molecule has 1 aliphatic rings. The van der Waals surface area contributed by atoms with Crippen LogP contribution in [0.3, 0.4) is 0 Å². The lowest BCUT2D eigenvalue weighted by molar-refractivity contribution is -0.108. The van der Waals surface area contributed by atoms with Crippen LogP contribution in [0.5, 0.6) is 0 Å². The van der Waals surface area contributed by atoms with E-state index in [1.165, 1.54) is 6.20 Å². The highest BCUT2D eigenvalue weighted by molar-refractivity contribution is 9.10. The quantitative estimate of drug-likeness (QED) is 0.931. The fourth-order valence-corrected chi connectivity index (χ4v) is 2.73. The zero-order valence-electron chi connectivity index (χ0n) is 10.4. The molecule has 2 aromatic heterocycles. The molecule has 0 bridgehead atoms. The lowest BCUT2D eigenvalue weighted by Gasteiger charge is -2.34. The van der Waals surface area contributed by atoms with Crippen molar-refractivity contribution in [3.05, 3.63) is 34.6 Å². The molecule has 1 fully saturated rings. The minimum atomic E-state index is -2.55. The average Bonchev–Trinajstić information content (AvgIpc) is 2.76. The molecule has 20 heavy (non-hydrogen) atoms. The molecule has 0 radical (unpaired) electrons. The first-order chi connectivity index (χ1) is 9.44. The number of carbonyl (C=O) groups is 1. The third-order valence-electron chi connectivity index (χ3n) is 3.45. The van der Waals surface area contributed by atoms with E-state index < -0.39 is 5.92 Å². The van der Waals surface area contributed by atoms with Crippen molar-refractivity contribution in [1.82, 2.24) is 14.9 Å². The highest BCUT2D eigenvalue weighted by Crippen LogP contribution is 2.41. The summed E-state index contributed by atoms with van der Waals surface area (Å²) in [7, 11) is 0. The molecule has 1 N–H and O–H groups in total. The second kappa shape index (κ2) is 4.80. The highest BCUT2D eigenvalue weighted by Gasteiger charge is 2.45. The Morgan fingerprint density at radius 2 is 2.30 bits per heavy atom. The molecule has 0 aliphatic heterocycles. The Labute approximate surface area is 122 Å². The summed E-state index contributed by atoms with van der Waals surface area (Å²) in [5.74, 6) is -2.97. The first-order valence-corrected chi connectivity index (χ1v) is 7.03. The van der Waals surface area contributed by atoms with Gasteiger partial charge >= 0.3 is 0 Å². The number of nitrogens with one attached hydrogen (secondary N) is 1. The maximum atomic E-state index is 12.7. The number of carbonyl (C=O) groups excluding carboxylic acids is 1.